The van der Waals surface area contributed by atoms with Gasteiger partial charge < -0.3 is 19.9 Å². The molecule has 28 heavy (non-hydrogen) atoms. The number of aromatic amines is 1. The average molecular weight is 379 g/mol. The number of para-hydroxylation sites is 1. The van der Waals surface area contributed by atoms with Gasteiger partial charge in [0.15, 0.2) is 0 Å². The molecular weight excluding hydrogens is 354 g/mol. The molecule has 1 fully saturated rings. The first-order valence-corrected chi connectivity index (χ1v) is 9.94. The summed E-state index contributed by atoms with van der Waals surface area (Å²) in [6.45, 7) is 5.91. The third kappa shape index (κ3) is 3.16. The van der Waals surface area contributed by atoms with Crippen molar-refractivity contribution in [3.05, 3.63) is 47.8 Å². The Morgan fingerprint density at radius 3 is 3.07 bits per heavy atom. The molecule has 2 aliphatic rings. The highest BCUT2D eigenvalue weighted by atomic mass is 16.5. The zero-order valence-electron chi connectivity index (χ0n) is 16.0. The number of hydrogen-bond acceptors (Lipinski definition) is 4. The van der Waals surface area contributed by atoms with E-state index in [2.05, 4.69) is 28.4 Å². The first-order valence-electron chi connectivity index (χ1n) is 9.94. The highest BCUT2D eigenvalue weighted by molar-refractivity contribution is 5.98. The molecule has 1 saturated heterocycles. The van der Waals surface area contributed by atoms with Crippen LogP contribution in [0, 0.1) is 5.92 Å². The van der Waals surface area contributed by atoms with Gasteiger partial charge in [0.2, 0.25) is 0 Å². The van der Waals surface area contributed by atoms with Crippen LogP contribution in [0.3, 0.4) is 0 Å². The van der Waals surface area contributed by atoms with Crippen LogP contribution in [0.1, 0.15) is 29.5 Å². The average Bonchev–Trinajstić information content (AvgIpc) is 3.43. The van der Waals surface area contributed by atoms with Crippen LogP contribution < -0.4 is 5.32 Å². The predicted molar refractivity (Wildman–Crippen MR) is 107 cm³/mol. The SMILES string of the molecule is CC1Cn2nc(NCC3CCOC3)cc2CN1C(=O)c1cc2ccccc2[nH]1. The van der Waals surface area contributed by atoms with E-state index < -0.39 is 0 Å². The lowest BCUT2D eigenvalue weighted by Gasteiger charge is -2.33. The van der Waals surface area contributed by atoms with E-state index in [0.717, 1.165) is 48.6 Å². The number of aromatic nitrogens is 3. The van der Waals surface area contributed by atoms with Gasteiger partial charge in [-0.15, -0.1) is 0 Å². The number of ether oxygens (including phenoxy) is 1. The molecular formula is C21H25N5O2. The quantitative estimate of drug-likeness (QED) is 0.731. The fourth-order valence-corrected chi connectivity index (χ4v) is 4.11. The minimum atomic E-state index is 0.0359. The molecule has 2 N–H and O–H groups in total. The van der Waals surface area contributed by atoms with Gasteiger partial charge in [-0.3, -0.25) is 9.48 Å². The van der Waals surface area contributed by atoms with Gasteiger partial charge in [0.25, 0.3) is 5.91 Å². The number of nitrogens with zero attached hydrogens (tertiary/aromatic N) is 3. The maximum Gasteiger partial charge on any atom is 0.270 e. The van der Waals surface area contributed by atoms with E-state index in [1.807, 2.05) is 39.9 Å². The molecule has 3 aromatic rings. The number of nitrogens with one attached hydrogen (secondary N) is 2. The predicted octanol–water partition coefficient (Wildman–Crippen LogP) is 2.86. The molecule has 2 unspecified atom stereocenters. The van der Waals surface area contributed by atoms with Crippen LogP contribution in [-0.2, 0) is 17.8 Å². The van der Waals surface area contributed by atoms with E-state index in [9.17, 15) is 4.79 Å². The van der Waals surface area contributed by atoms with Crippen LogP contribution in [0.4, 0.5) is 5.82 Å². The molecule has 1 aromatic carbocycles. The Bertz CT molecular complexity index is 968. The van der Waals surface area contributed by atoms with Gasteiger partial charge in [-0.05, 0) is 25.5 Å². The van der Waals surface area contributed by atoms with E-state index in [-0.39, 0.29) is 11.9 Å². The molecule has 0 bridgehead atoms. The topological polar surface area (TPSA) is 75.2 Å². The van der Waals surface area contributed by atoms with Gasteiger partial charge in [0.1, 0.15) is 11.5 Å². The lowest BCUT2D eigenvalue weighted by atomic mass is 10.1. The highest BCUT2D eigenvalue weighted by Gasteiger charge is 2.29. The Morgan fingerprint density at radius 2 is 2.25 bits per heavy atom. The van der Waals surface area contributed by atoms with E-state index >= 15 is 0 Å². The number of rotatable bonds is 4. The smallest absolute Gasteiger partial charge is 0.270 e. The van der Waals surface area contributed by atoms with Crippen molar-refractivity contribution in [2.75, 3.05) is 25.1 Å². The summed E-state index contributed by atoms with van der Waals surface area (Å²) in [5, 5.41) is 9.17. The monoisotopic (exact) mass is 379 g/mol. The fourth-order valence-electron chi connectivity index (χ4n) is 4.11. The van der Waals surface area contributed by atoms with Crippen molar-refractivity contribution < 1.29 is 9.53 Å². The first-order chi connectivity index (χ1) is 13.7. The third-order valence-corrected chi connectivity index (χ3v) is 5.78. The van der Waals surface area contributed by atoms with Crippen LogP contribution in [0.25, 0.3) is 10.9 Å². The number of carbonyl (C=O) groups excluding carboxylic acids is 1. The van der Waals surface area contributed by atoms with Crippen LogP contribution >= 0.6 is 0 Å². The Morgan fingerprint density at radius 1 is 1.36 bits per heavy atom. The second kappa shape index (κ2) is 6.98. The summed E-state index contributed by atoms with van der Waals surface area (Å²) in [7, 11) is 0. The molecule has 7 heteroatoms. The molecule has 2 aromatic heterocycles. The minimum absolute atomic E-state index is 0.0359. The van der Waals surface area contributed by atoms with Crippen LogP contribution in [0.2, 0.25) is 0 Å². The highest BCUT2D eigenvalue weighted by Crippen LogP contribution is 2.24. The maximum absolute atomic E-state index is 13.1. The van der Waals surface area contributed by atoms with Gasteiger partial charge >= 0.3 is 0 Å². The number of fused-ring (bicyclic) bond motifs is 2. The van der Waals surface area contributed by atoms with Crippen molar-refractivity contribution in [1.82, 2.24) is 19.7 Å². The molecule has 0 radical (unpaired) electrons. The van der Waals surface area contributed by atoms with Crippen LogP contribution in [0.5, 0.6) is 0 Å². The largest absolute Gasteiger partial charge is 0.381 e. The van der Waals surface area contributed by atoms with Crippen LogP contribution in [-0.4, -0.2) is 51.4 Å². The summed E-state index contributed by atoms with van der Waals surface area (Å²) in [6, 6.07) is 12.1. The second-order valence-corrected chi connectivity index (χ2v) is 7.87. The molecule has 2 atom stereocenters. The number of amides is 1. The summed E-state index contributed by atoms with van der Waals surface area (Å²) >= 11 is 0. The number of H-pyrrole nitrogens is 1. The number of benzene rings is 1. The standard InChI is InChI=1S/C21H25N5O2/c1-14-11-26-17(9-20(24-26)22-10-15-6-7-28-13-15)12-25(14)21(27)19-8-16-4-2-3-5-18(16)23-19/h2-5,8-9,14-15,23H,6-7,10-13H2,1H3,(H,22,24). The first kappa shape index (κ1) is 17.3. The fraction of sp³-hybridized carbons (Fsp3) is 0.429. The van der Waals surface area contributed by atoms with E-state index in [1.54, 1.807) is 0 Å². The van der Waals surface area contributed by atoms with Gasteiger partial charge in [0, 0.05) is 42.1 Å². The lowest BCUT2D eigenvalue weighted by molar-refractivity contribution is 0.0602. The van der Waals surface area contributed by atoms with E-state index in [4.69, 9.17) is 4.74 Å². The Kier molecular flexibility index (Phi) is 4.31. The Hall–Kier alpha value is -2.80. The number of hydrogen-bond donors (Lipinski definition) is 2. The second-order valence-electron chi connectivity index (χ2n) is 7.87. The van der Waals surface area contributed by atoms with Gasteiger partial charge in [-0.2, -0.15) is 5.10 Å². The third-order valence-electron chi connectivity index (χ3n) is 5.78. The number of carbonyl (C=O) groups is 1. The molecule has 7 nitrogen and oxygen atoms in total. The number of anilines is 1. The minimum Gasteiger partial charge on any atom is -0.381 e. The van der Waals surface area contributed by atoms with E-state index in [1.165, 1.54) is 0 Å². The molecule has 0 aliphatic carbocycles. The Labute approximate surface area is 163 Å². The Balaban J connectivity index is 1.32. The summed E-state index contributed by atoms with van der Waals surface area (Å²) in [6.07, 6.45) is 1.10. The van der Waals surface area contributed by atoms with Crippen molar-refractivity contribution in [3.8, 4) is 0 Å². The van der Waals surface area contributed by atoms with Crippen molar-refractivity contribution in [2.24, 2.45) is 5.92 Å². The molecule has 1 amide bonds. The van der Waals surface area contributed by atoms with Crippen molar-refractivity contribution in [2.45, 2.75) is 32.5 Å². The maximum atomic E-state index is 13.1. The van der Waals surface area contributed by atoms with Gasteiger partial charge in [0.05, 0.1) is 25.4 Å². The van der Waals surface area contributed by atoms with Crippen LogP contribution in [0.15, 0.2) is 36.4 Å². The van der Waals surface area contributed by atoms with Crippen molar-refractivity contribution in [3.63, 3.8) is 0 Å². The van der Waals surface area contributed by atoms with Crippen molar-refractivity contribution in [1.29, 1.82) is 0 Å². The molecule has 146 valence electrons. The molecule has 4 heterocycles. The van der Waals surface area contributed by atoms with Gasteiger partial charge in [-0.1, -0.05) is 18.2 Å². The summed E-state index contributed by atoms with van der Waals surface area (Å²) in [5.41, 5.74) is 2.69. The summed E-state index contributed by atoms with van der Waals surface area (Å²) in [5.74, 6) is 1.47. The molecule has 0 saturated carbocycles. The van der Waals surface area contributed by atoms with Gasteiger partial charge in [-0.25, -0.2) is 0 Å². The zero-order chi connectivity index (χ0) is 19.1. The zero-order valence-corrected chi connectivity index (χ0v) is 16.0. The lowest BCUT2D eigenvalue weighted by Crippen LogP contribution is -2.45. The summed E-state index contributed by atoms with van der Waals surface area (Å²) in [4.78, 5) is 18.3. The molecule has 5 rings (SSSR count). The summed E-state index contributed by atoms with van der Waals surface area (Å²) < 4.78 is 7.45. The molecule has 2 aliphatic heterocycles. The molecule has 0 spiro atoms. The van der Waals surface area contributed by atoms with E-state index in [0.29, 0.717) is 24.7 Å². The normalized spacial score (nSPS) is 21.8. The van der Waals surface area contributed by atoms with Crippen molar-refractivity contribution >= 4 is 22.6 Å².